The van der Waals surface area contributed by atoms with Crippen molar-refractivity contribution in [2.75, 3.05) is 6.54 Å². The average Bonchev–Trinajstić information content (AvgIpc) is 2.88. The zero-order valence-corrected chi connectivity index (χ0v) is 14.8. The smallest absolute Gasteiger partial charge is 0.188 e. The molecule has 116 valence electrons. The number of halogens is 1. The molecular formula is C15H24IN5. The molecule has 0 saturated carbocycles. The lowest BCUT2D eigenvalue weighted by Crippen LogP contribution is -2.32. The van der Waals surface area contributed by atoms with Gasteiger partial charge in [0.2, 0.25) is 0 Å². The second-order valence-corrected chi connectivity index (χ2v) is 4.89. The van der Waals surface area contributed by atoms with Gasteiger partial charge in [0, 0.05) is 18.9 Å². The molecule has 0 unspecified atom stereocenters. The minimum Gasteiger partial charge on any atom is -0.370 e. The van der Waals surface area contributed by atoms with Crippen LogP contribution in [0.1, 0.15) is 38.3 Å². The highest BCUT2D eigenvalue weighted by Crippen LogP contribution is 2.05. The topological polar surface area (TPSA) is 67.7 Å². The third-order valence-electron chi connectivity index (χ3n) is 3.16. The van der Waals surface area contributed by atoms with Crippen LogP contribution in [0.25, 0.3) is 5.65 Å². The van der Waals surface area contributed by atoms with Gasteiger partial charge in [-0.2, -0.15) is 0 Å². The van der Waals surface area contributed by atoms with E-state index in [2.05, 4.69) is 22.2 Å². The number of nitrogens with one attached hydrogen (secondary N) is 1. The molecule has 0 amide bonds. The molecule has 2 aromatic rings. The molecule has 0 aliphatic carbocycles. The van der Waals surface area contributed by atoms with Crippen molar-refractivity contribution in [1.29, 1.82) is 0 Å². The van der Waals surface area contributed by atoms with Crippen LogP contribution in [-0.4, -0.2) is 21.9 Å². The number of rotatable bonds is 7. The number of pyridine rings is 1. The first-order chi connectivity index (χ1) is 9.79. The minimum atomic E-state index is 0. The molecule has 0 saturated heterocycles. The number of imidazole rings is 1. The van der Waals surface area contributed by atoms with E-state index in [0.29, 0.717) is 12.5 Å². The summed E-state index contributed by atoms with van der Waals surface area (Å²) < 4.78 is 1.99. The van der Waals surface area contributed by atoms with Crippen LogP contribution in [0.5, 0.6) is 0 Å². The number of nitrogens with two attached hydrogens (primary N) is 1. The molecule has 2 aromatic heterocycles. The maximum absolute atomic E-state index is 5.83. The Bertz CT molecular complexity index is 531. The van der Waals surface area contributed by atoms with Crippen molar-refractivity contribution in [3.8, 4) is 0 Å². The Morgan fingerprint density at radius 3 is 2.95 bits per heavy atom. The van der Waals surface area contributed by atoms with Gasteiger partial charge >= 0.3 is 0 Å². The lowest BCUT2D eigenvalue weighted by molar-refractivity contribution is 0.652. The largest absolute Gasteiger partial charge is 0.370 e. The number of nitrogens with zero attached hydrogens (tertiary/aromatic N) is 3. The molecule has 21 heavy (non-hydrogen) atoms. The molecule has 6 heteroatoms. The van der Waals surface area contributed by atoms with E-state index in [4.69, 9.17) is 5.73 Å². The van der Waals surface area contributed by atoms with Gasteiger partial charge in [-0.05, 0) is 18.6 Å². The maximum Gasteiger partial charge on any atom is 0.188 e. The van der Waals surface area contributed by atoms with Crippen LogP contribution >= 0.6 is 24.0 Å². The van der Waals surface area contributed by atoms with Crippen molar-refractivity contribution in [3.05, 3.63) is 36.3 Å². The summed E-state index contributed by atoms with van der Waals surface area (Å²) in [6.07, 6.45) is 8.86. The second-order valence-electron chi connectivity index (χ2n) is 4.89. The Hall–Kier alpha value is -1.31. The lowest BCUT2D eigenvalue weighted by atomic mass is 10.2. The van der Waals surface area contributed by atoms with E-state index in [1.807, 2.05) is 35.0 Å². The standard InChI is InChI=1S/C15H23N5.HI/c1-2-3-4-6-9-17-15(16)18-11-13-12-20-10-7-5-8-14(20)19-13;/h5,7-8,10,12H,2-4,6,9,11H2,1H3,(H3,16,17,18);1H. The molecule has 0 aromatic carbocycles. The lowest BCUT2D eigenvalue weighted by Gasteiger charge is -2.04. The summed E-state index contributed by atoms with van der Waals surface area (Å²) in [7, 11) is 0. The molecule has 0 atom stereocenters. The second kappa shape index (κ2) is 9.59. The van der Waals surface area contributed by atoms with Gasteiger partial charge in [0.15, 0.2) is 5.96 Å². The molecule has 5 nitrogen and oxygen atoms in total. The van der Waals surface area contributed by atoms with E-state index in [9.17, 15) is 0 Å². The molecule has 0 fully saturated rings. The van der Waals surface area contributed by atoms with Gasteiger partial charge in [-0.25, -0.2) is 9.98 Å². The molecule has 3 N–H and O–H groups in total. The van der Waals surface area contributed by atoms with Crippen LogP contribution in [-0.2, 0) is 6.54 Å². The molecule has 0 aliphatic heterocycles. The third-order valence-corrected chi connectivity index (χ3v) is 3.16. The zero-order valence-electron chi connectivity index (χ0n) is 12.5. The van der Waals surface area contributed by atoms with Gasteiger partial charge in [-0.15, -0.1) is 24.0 Å². The average molecular weight is 401 g/mol. The van der Waals surface area contributed by atoms with Gasteiger partial charge in [0.25, 0.3) is 0 Å². The van der Waals surface area contributed by atoms with E-state index < -0.39 is 0 Å². The Morgan fingerprint density at radius 2 is 2.19 bits per heavy atom. The number of hydrogen-bond acceptors (Lipinski definition) is 2. The monoisotopic (exact) mass is 401 g/mol. The van der Waals surface area contributed by atoms with Crippen molar-refractivity contribution < 1.29 is 0 Å². The molecule has 0 radical (unpaired) electrons. The first-order valence-electron chi connectivity index (χ1n) is 7.26. The molecule has 0 aliphatic rings. The number of fused-ring (bicyclic) bond motifs is 1. The maximum atomic E-state index is 5.83. The summed E-state index contributed by atoms with van der Waals surface area (Å²) in [5.74, 6) is 0.499. The predicted octanol–water partition coefficient (Wildman–Crippen LogP) is 2.94. The Balaban J connectivity index is 0.00000220. The van der Waals surface area contributed by atoms with Gasteiger partial charge in [-0.1, -0.05) is 32.3 Å². The zero-order chi connectivity index (χ0) is 14.2. The van der Waals surface area contributed by atoms with Crippen molar-refractivity contribution in [2.45, 2.75) is 39.2 Å². The molecular weight excluding hydrogens is 377 g/mol. The van der Waals surface area contributed by atoms with Gasteiger partial charge in [-0.3, -0.25) is 0 Å². The summed E-state index contributed by atoms with van der Waals surface area (Å²) in [5.41, 5.74) is 7.69. The summed E-state index contributed by atoms with van der Waals surface area (Å²) in [6, 6.07) is 5.93. The summed E-state index contributed by atoms with van der Waals surface area (Å²) in [5, 5.41) is 3.14. The molecule has 0 bridgehead atoms. The van der Waals surface area contributed by atoms with Gasteiger partial charge in [0.1, 0.15) is 5.65 Å². The Morgan fingerprint density at radius 1 is 1.33 bits per heavy atom. The fourth-order valence-corrected chi connectivity index (χ4v) is 2.05. The van der Waals surface area contributed by atoms with E-state index >= 15 is 0 Å². The fraction of sp³-hybridized carbons (Fsp3) is 0.467. The third kappa shape index (κ3) is 5.91. The quantitative estimate of drug-likeness (QED) is 0.325. The van der Waals surface area contributed by atoms with Crippen LogP contribution in [0.15, 0.2) is 35.6 Å². The van der Waals surface area contributed by atoms with E-state index in [-0.39, 0.29) is 24.0 Å². The van der Waals surface area contributed by atoms with Crippen LogP contribution in [0.4, 0.5) is 0 Å². The molecule has 2 rings (SSSR count). The summed E-state index contributed by atoms with van der Waals surface area (Å²) >= 11 is 0. The Labute approximate surface area is 143 Å². The SMILES string of the molecule is CCCCCCNC(N)=NCc1cn2ccccc2n1.I. The Kier molecular flexibility index (Phi) is 8.11. The van der Waals surface area contributed by atoms with Crippen molar-refractivity contribution >= 4 is 35.6 Å². The summed E-state index contributed by atoms with van der Waals surface area (Å²) in [4.78, 5) is 8.79. The van der Waals surface area contributed by atoms with Crippen molar-refractivity contribution in [2.24, 2.45) is 10.7 Å². The first kappa shape index (κ1) is 17.7. The van der Waals surface area contributed by atoms with Crippen LogP contribution in [0, 0.1) is 0 Å². The minimum absolute atomic E-state index is 0. The normalized spacial score (nSPS) is 11.4. The summed E-state index contributed by atoms with van der Waals surface area (Å²) in [6.45, 7) is 3.61. The number of aliphatic imine (C=N–C) groups is 1. The van der Waals surface area contributed by atoms with E-state index in [1.165, 1.54) is 19.3 Å². The highest BCUT2D eigenvalue weighted by molar-refractivity contribution is 14.0. The highest BCUT2D eigenvalue weighted by atomic mass is 127. The van der Waals surface area contributed by atoms with Crippen LogP contribution < -0.4 is 11.1 Å². The van der Waals surface area contributed by atoms with Gasteiger partial charge < -0.3 is 15.5 Å². The van der Waals surface area contributed by atoms with E-state index in [1.54, 1.807) is 0 Å². The van der Waals surface area contributed by atoms with Gasteiger partial charge in [0.05, 0.1) is 12.2 Å². The molecule has 2 heterocycles. The first-order valence-corrected chi connectivity index (χ1v) is 7.26. The van der Waals surface area contributed by atoms with Crippen molar-refractivity contribution in [3.63, 3.8) is 0 Å². The number of hydrogen-bond donors (Lipinski definition) is 2. The number of unbranched alkanes of at least 4 members (excludes halogenated alkanes) is 3. The van der Waals surface area contributed by atoms with Crippen molar-refractivity contribution in [1.82, 2.24) is 14.7 Å². The number of guanidine groups is 1. The molecule has 0 spiro atoms. The van der Waals surface area contributed by atoms with E-state index in [0.717, 1.165) is 24.3 Å². The van der Waals surface area contributed by atoms with Crippen LogP contribution in [0.2, 0.25) is 0 Å². The fourth-order valence-electron chi connectivity index (χ4n) is 2.05. The number of aromatic nitrogens is 2. The highest BCUT2D eigenvalue weighted by Gasteiger charge is 2.00. The predicted molar refractivity (Wildman–Crippen MR) is 98.1 cm³/mol. The van der Waals surface area contributed by atoms with Crippen LogP contribution in [0.3, 0.4) is 0 Å².